The van der Waals surface area contributed by atoms with Gasteiger partial charge >= 0.3 is 0 Å². The van der Waals surface area contributed by atoms with E-state index in [1.165, 1.54) is 4.88 Å². The summed E-state index contributed by atoms with van der Waals surface area (Å²) in [6, 6.07) is 3.97. The predicted octanol–water partition coefficient (Wildman–Crippen LogP) is 3.55. The highest BCUT2D eigenvalue weighted by molar-refractivity contribution is 7.80. The van der Waals surface area contributed by atoms with Gasteiger partial charge in [-0.2, -0.15) is 0 Å². The van der Waals surface area contributed by atoms with E-state index in [1.54, 1.807) is 17.5 Å². The first-order chi connectivity index (χ1) is 9.17. The average molecular weight is 291 g/mol. The summed E-state index contributed by atoms with van der Waals surface area (Å²) < 4.78 is 0. The number of hydrogen-bond acceptors (Lipinski definition) is 4. The zero-order chi connectivity index (χ0) is 13.8. The molecule has 0 saturated carbocycles. The molecule has 2 heterocycles. The maximum Gasteiger partial charge on any atom is 0.125 e. The van der Waals surface area contributed by atoms with E-state index in [4.69, 9.17) is 12.2 Å². The van der Waals surface area contributed by atoms with E-state index in [2.05, 4.69) is 22.2 Å². The van der Waals surface area contributed by atoms with E-state index in [-0.39, 0.29) is 5.92 Å². The van der Waals surface area contributed by atoms with Gasteiger partial charge in [-0.25, -0.2) is 4.98 Å². The highest BCUT2D eigenvalue weighted by Crippen LogP contribution is 2.34. The van der Waals surface area contributed by atoms with Crippen molar-refractivity contribution in [2.24, 2.45) is 0 Å². The standard InChI is InChI=1S/C14H17N3S2/c1-4-11(13(18)15-3)12-9(2)17-14(19-12)10-6-5-7-16-8-10/h5-8,11H,4H2,1-3H3,(H,15,18). The Bertz CT molecular complexity index is 563. The molecule has 3 nitrogen and oxygen atoms in total. The van der Waals surface area contributed by atoms with Gasteiger partial charge in [0.2, 0.25) is 0 Å². The summed E-state index contributed by atoms with van der Waals surface area (Å²) in [5, 5.41) is 4.10. The normalized spacial score (nSPS) is 12.2. The lowest BCUT2D eigenvalue weighted by Gasteiger charge is -2.14. The largest absolute Gasteiger partial charge is 0.382 e. The molecule has 1 N–H and O–H groups in total. The highest BCUT2D eigenvalue weighted by atomic mass is 32.1. The van der Waals surface area contributed by atoms with Crippen molar-refractivity contribution in [3.05, 3.63) is 35.1 Å². The number of likely N-dealkylation sites (N-methyl/N-ethyl adjacent to an activating group) is 1. The van der Waals surface area contributed by atoms with Crippen molar-refractivity contribution in [1.29, 1.82) is 0 Å². The van der Waals surface area contributed by atoms with E-state index in [0.717, 1.165) is 27.7 Å². The maximum absolute atomic E-state index is 5.40. The van der Waals surface area contributed by atoms with Crippen LogP contribution in [0.2, 0.25) is 0 Å². The molecule has 0 fully saturated rings. The Morgan fingerprint density at radius 2 is 2.32 bits per heavy atom. The van der Waals surface area contributed by atoms with Crippen LogP contribution in [0.1, 0.15) is 29.8 Å². The van der Waals surface area contributed by atoms with Crippen LogP contribution in [0.15, 0.2) is 24.5 Å². The molecule has 0 aliphatic rings. The second-order valence-electron chi connectivity index (χ2n) is 4.29. The van der Waals surface area contributed by atoms with Gasteiger partial charge < -0.3 is 5.32 Å². The van der Waals surface area contributed by atoms with Gasteiger partial charge in [0.1, 0.15) is 5.01 Å². The van der Waals surface area contributed by atoms with Crippen molar-refractivity contribution in [2.75, 3.05) is 7.05 Å². The molecule has 2 aromatic heterocycles. The molecule has 0 radical (unpaired) electrons. The molecule has 5 heteroatoms. The third kappa shape index (κ3) is 2.98. The molecule has 0 aliphatic heterocycles. The summed E-state index contributed by atoms with van der Waals surface area (Å²) in [6.07, 6.45) is 4.60. The van der Waals surface area contributed by atoms with Crippen molar-refractivity contribution in [3.63, 3.8) is 0 Å². The maximum atomic E-state index is 5.40. The third-order valence-electron chi connectivity index (χ3n) is 3.03. The number of nitrogens with one attached hydrogen (secondary N) is 1. The van der Waals surface area contributed by atoms with E-state index >= 15 is 0 Å². The predicted molar refractivity (Wildman–Crippen MR) is 84.8 cm³/mol. The van der Waals surface area contributed by atoms with Crippen LogP contribution in [0, 0.1) is 6.92 Å². The van der Waals surface area contributed by atoms with Crippen LogP contribution in [-0.2, 0) is 0 Å². The minimum atomic E-state index is 0.253. The Morgan fingerprint density at radius 1 is 1.53 bits per heavy atom. The number of thiazole rings is 1. The van der Waals surface area contributed by atoms with Crippen molar-refractivity contribution in [3.8, 4) is 10.6 Å². The molecule has 0 spiro atoms. The number of hydrogen-bond donors (Lipinski definition) is 1. The molecule has 1 unspecified atom stereocenters. The average Bonchev–Trinajstić information content (AvgIpc) is 2.82. The van der Waals surface area contributed by atoms with E-state index in [9.17, 15) is 0 Å². The van der Waals surface area contributed by atoms with E-state index < -0.39 is 0 Å². The number of thiocarbonyl (C=S) groups is 1. The van der Waals surface area contributed by atoms with Crippen LogP contribution < -0.4 is 5.32 Å². The first-order valence-electron chi connectivity index (χ1n) is 6.26. The molecule has 19 heavy (non-hydrogen) atoms. The van der Waals surface area contributed by atoms with Crippen LogP contribution >= 0.6 is 23.6 Å². The van der Waals surface area contributed by atoms with Crippen molar-refractivity contribution < 1.29 is 0 Å². The molecule has 0 bridgehead atoms. The lowest BCUT2D eigenvalue weighted by molar-refractivity contribution is 0.833. The minimum absolute atomic E-state index is 0.253. The quantitative estimate of drug-likeness (QED) is 0.874. The Hall–Kier alpha value is -1.33. The first kappa shape index (κ1) is 14.1. The van der Waals surface area contributed by atoms with Gasteiger partial charge in [0.25, 0.3) is 0 Å². The molecule has 0 aliphatic carbocycles. The van der Waals surface area contributed by atoms with Gasteiger partial charge in [-0.05, 0) is 25.5 Å². The topological polar surface area (TPSA) is 37.8 Å². The second kappa shape index (κ2) is 6.21. The highest BCUT2D eigenvalue weighted by Gasteiger charge is 2.20. The van der Waals surface area contributed by atoms with Crippen molar-refractivity contribution in [2.45, 2.75) is 26.2 Å². The number of aromatic nitrogens is 2. The van der Waals surface area contributed by atoms with Gasteiger partial charge in [-0.1, -0.05) is 19.1 Å². The second-order valence-corrected chi connectivity index (χ2v) is 5.76. The summed E-state index contributed by atoms with van der Waals surface area (Å²) >= 11 is 7.11. The minimum Gasteiger partial charge on any atom is -0.382 e. The molecule has 2 aromatic rings. The number of aryl methyl sites for hydroxylation is 1. The molecule has 0 aromatic carbocycles. The zero-order valence-corrected chi connectivity index (χ0v) is 12.9. The van der Waals surface area contributed by atoms with Gasteiger partial charge in [0.15, 0.2) is 0 Å². The van der Waals surface area contributed by atoms with Crippen molar-refractivity contribution in [1.82, 2.24) is 15.3 Å². The van der Waals surface area contributed by atoms with Gasteiger partial charge in [-0.3, -0.25) is 4.98 Å². The summed E-state index contributed by atoms with van der Waals surface area (Å²) in [5.41, 5.74) is 2.13. The molecular weight excluding hydrogens is 274 g/mol. The van der Waals surface area contributed by atoms with E-state index in [1.807, 2.05) is 32.3 Å². The Kier molecular flexibility index (Phi) is 4.61. The fourth-order valence-corrected chi connectivity index (χ4v) is 3.62. The SMILES string of the molecule is CCC(C(=S)NC)c1sc(-c2cccnc2)nc1C. The summed E-state index contributed by atoms with van der Waals surface area (Å²) in [5.74, 6) is 0.253. The zero-order valence-electron chi connectivity index (χ0n) is 11.3. The smallest absolute Gasteiger partial charge is 0.125 e. The number of rotatable bonds is 4. The fourth-order valence-electron chi connectivity index (χ4n) is 2.01. The summed E-state index contributed by atoms with van der Waals surface area (Å²) in [4.78, 5) is 10.9. The summed E-state index contributed by atoms with van der Waals surface area (Å²) in [7, 11) is 1.88. The third-order valence-corrected chi connectivity index (χ3v) is 4.84. The molecule has 100 valence electrons. The van der Waals surface area contributed by atoms with E-state index in [0.29, 0.717) is 0 Å². The molecule has 0 saturated heterocycles. The Labute approximate surface area is 123 Å². The molecule has 0 amide bonds. The fraction of sp³-hybridized carbons (Fsp3) is 0.357. The van der Waals surface area contributed by atoms with Crippen LogP contribution in [0.4, 0.5) is 0 Å². The van der Waals surface area contributed by atoms with Crippen LogP contribution in [0.25, 0.3) is 10.6 Å². The lowest BCUT2D eigenvalue weighted by atomic mass is 10.0. The Morgan fingerprint density at radius 3 is 2.89 bits per heavy atom. The molecular formula is C14H17N3S2. The molecule has 2 rings (SSSR count). The van der Waals surface area contributed by atoms with Gasteiger partial charge in [-0.15, -0.1) is 11.3 Å². The lowest BCUT2D eigenvalue weighted by Crippen LogP contribution is -2.23. The van der Waals surface area contributed by atoms with Crippen LogP contribution in [-0.4, -0.2) is 22.0 Å². The van der Waals surface area contributed by atoms with Crippen LogP contribution in [0.5, 0.6) is 0 Å². The number of pyridine rings is 1. The monoisotopic (exact) mass is 291 g/mol. The van der Waals surface area contributed by atoms with Crippen molar-refractivity contribution >= 4 is 28.5 Å². The van der Waals surface area contributed by atoms with Gasteiger partial charge in [0, 0.05) is 35.8 Å². The Balaban J connectivity index is 2.38. The van der Waals surface area contributed by atoms with Crippen LogP contribution in [0.3, 0.4) is 0 Å². The molecule has 1 atom stereocenters. The first-order valence-corrected chi connectivity index (χ1v) is 7.49. The van der Waals surface area contributed by atoms with Gasteiger partial charge in [0.05, 0.1) is 10.7 Å². The summed E-state index contributed by atoms with van der Waals surface area (Å²) in [6.45, 7) is 4.20. The number of nitrogens with zero attached hydrogens (tertiary/aromatic N) is 2.